The molecule has 0 radical (unpaired) electrons. The third-order valence-electron chi connectivity index (χ3n) is 2.19. The number of carbonyl (C=O) groups is 1. The van der Waals surface area contributed by atoms with Crippen LogP contribution in [-0.2, 0) is 0 Å². The van der Waals surface area contributed by atoms with Crippen molar-refractivity contribution in [1.82, 2.24) is 9.97 Å². The van der Waals surface area contributed by atoms with Crippen molar-refractivity contribution in [2.75, 3.05) is 11.6 Å². The summed E-state index contributed by atoms with van der Waals surface area (Å²) in [6.45, 7) is 0. The molecule has 0 bridgehead atoms. The van der Waals surface area contributed by atoms with Gasteiger partial charge in [0.2, 0.25) is 0 Å². The molecule has 2 rings (SSSR count). The van der Waals surface area contributed by atoms with E-state index in [1.165, 1.54) is 18.0 Å². The number of benzene rings is 1. The summed E-state index contributed by atoms with van der Waals surface area (Å²) in [6.07, 6.45) is 4.09. The summed E-state index contributed by atoms with van der Waals surface area (Å²) in [5.41, 5.74) is 1.18. The summed E-state index contributed by atoms with van der Waals surface area (Å²) in [7, 11) is 0. The Morgan fingerprint density at radius 3 is 2.94 bits per heavy atom. The lowest BCUT2D eigenvalue weighted by molar-refractivity contribution is 0.112. The Morgan fingerprint density at radius 2 is 2.28 bits per heavy atom. The Hall–Kier alpha value is -1.59. The van der Waals surface area contributed by atoms with E-state index in [9.17, 15) is 4.79 Å². The normalized spacial score (nSPS) is 10.1. The summed E-state index contributed by atoms with van der Waals surface area (Å²) in [5, 5.41) is 4.28. The van der Waals surface area contributed by atoms with Crippen molar-refractivity contribution in [3.8, 4) is 0 Å². The Labute approximate surface area is 114 Å². The van der Waals surface area contributed by atoms with Crippen LogP contribution in [-0.4, -0.2) is 22.5 Å². The monoisotopic (exact) mass is 279 g/mol. The Balaban J connectivity index is 2.35. The van der Waals surface area contributed by atoms with Crippen molar-refractivity contribution in [3.63, 3.8) is 0 Å². The number of hydrogen-bond acceptors (Lipinski definition) is 5. The molecule has 0 saturated carbocycles. The molecule has 18 heavy (non-hydrogen) atoms. The zero-order valence-corrected chi connectivity index (χ0v) is 11.1. The van der Waals surface area contributed by atoms with Crippen molar-refractivity contribution in [1.29, 1.82) is 0 Å². The number of aldehydes is 1. The molecule has 0 aliphatic carbocycles. The van der Waals surface area contributed by atoms with Gasteiger partial charge in [0.25, 0.3) is 0 Å². The van der Waals surface area contributed by atoms with E-state index < -0.39 is 0 Å². The van der Waals surface area contributed by atoms with Crippen molar-refractivity contribution in [3.05, 3.63) is 41.0 Å². The predicted molar refractivity (Wildman–Crippen MR) is 73.9 cm³/mol. The van der Waals surface area contributed by atoms with Crippen molar-refractivity contribution in [2.45, 2.75) is 5.16 Å². The molecule has 0 unspecified atom stereocenters. The molecule has 0 fully saturated rings. The zero-order chi connectivity index (χ0) is 13.0. The first kappa shape index (κ1) is 12.9. The van der Waals surface area contributed by atoms with E-state index in [0.717, 1.165) is 12.0 Å². The molecule has 1 aromatic heterocycles. The van der Waals surface area contributed by atoms with Crippen LogP contribution in [0.2, 0.25) is 5.02 Å². The number of halogens is 1. The summed E-state index contributed by atoms with van der Waals surface area (Å²) >= 11 is 7.31. The maximum absolute atomic E-state index is 10.9. The second kappa shape index (κ2) is 5.84. The maximum Gasteiger partial charge on any atom is 0.189 e. The molecular formula is C12H10ClN3OS. The third-order valence-corrected chi connectivity index (χ3v) is 2.99. The molecule has 92 valence electrons. The standard InChI is InChI=1S/C12H10ClN3OS/c1-18-12-14-6-8(7-17)11(16-12)15-10-4-2-3-9(13)5-10/h2-7H,1H3,(H,14,15,16). The minimum Gasteiger partial charge on any atom is -0.339 e. The first-order valence-electron chi connectivity index (χ1n) is 5.11. The SMILES string of the molecule is CSc1ncc(C=O)c(Nc2cccc(Cl)c2)n1. The van der Waals surface area contributed by atoms with Crippen LogP contribution < -0.4 is 5.32 Å². The number of thioether (sulfide) groups is 1. The van der Waals surface area contributed by atoms with E-state index in [1.54, 1.807) is 12.1 Å². The smallest absolute Gasteiger partial charge is 0.189 e. The van der Waals surface area contributed by atoms with Gasteiger partial charge in [-0.25, -0.2) is 9.97 Å². The highest BCUT2D eigenvalue weighted by molar-refractivity contribution is 7.98. The molecule has 0 atom stereocenters. The predicted octanol–water partition coefficient (Wildman–Crippen LogP) is 3.41. The van der Waals surface area contributed by atoms with Crippen LogP contribution in [0, 0.1) is 0 Å². The number of aromatic nitrogens is 2. The molecule has 2 aromatic rings. The number of nitrogens with one attached hydrogen (secondary N) is 1. The van der Waals surface area contributed by atoms with E-state index in [4.69, 9.17) is 11.6 Å². The van der Waals surface area contributed by atoms with Crippen LogP contribution in [0.4, 0.5) is 11.5 Å². The first-order chi connectivity index (χ1) is 8.72. The molecule has 4 nitrogen and oxygen atoms in total. The van der Waals surface area contributed by atoms with Gasteiger partial charge < -0.3 is 5.32 Å². The molecule has 6 heteroatoms. The number of anilines is 2. The van der Waals surface area contributed by atoms with Crippen LogP contribution in [0.5, 0.6) is 0 Å². The molecule has 1 heterocycles. The molecule has 0 amide bonds. The Kier molecular flexibility index (Phi) is 4.17. The van der Waals surface area contributed by atoms with Crippen molar-refractivity contribution in [2.24, 2.45) is 0 Å². The van der Waals surface area contributed by atoms with Crippen LogP contribution >= 0.6 is 23.4 Å². The number of nitrogens with zero attached hydrogens (tertiary/aromatic N) is 2. The lowest BCUT2D eigenvalue weighted by Crippen LogP contribution is -2.01. The van der Waals surface area contributed by atoms with Gasteiger partial charge in [-0.15, -0.1) is 0 Å². The van der Waals surface area contributed by atoms with Gasteiger partial charge in [-0.2, -0.15) is 0 Å². The Morgan fingerprint density at radius 1 is 1.44 bits per heavy atom. The van der Waals surface area contributed by atoms with Crippen LogP contribution in [0.25, 0.3) is 0 Å². The lowest BCUT2D eigenvalue weighted by Gasteiger charge is -2.08. The summed E-state index contributed by atoms with van der Waals surface area (Å²) < 4.78 is 0. The van der Waals surface area contributed by atoms with Gasteiger partial charge in [-0.1, -0.05) is 29.4 Å². The molecule has 0 spiro atoms. The van der Waals surface area contributed by atoms with Crippen molar-refractivity contribution < 1.29 is 4.79 Å². The van der Waals surface area contributed by atoms with E-state index in [0.29, 0.717) is 21.6 Å². The average molecular weight is 280 g/mol. The minimum atomic E-state index is 0.410. The van der Waals surface area contributed by atoms with Crippen LogP contribution in [0.15, 0.2) is 35.6 Å². The van der Waals surface area contributed by atoms with Gasteiger partial charge in [0, 0.05) is 16.9 Å². The van der Waals surface area contributed by atoms with Gasteiger partial charge in [-0.05, 0) is 24.5 Å². The highest BCUT2D eigenvalue weighted by atomic mass is 35.5. The number of rotatable bonds is 4. The second-order valence-electron chi connectivity index (χ2n) is 3.41. The number of carbonyl (C=O) groups excluding carboxylic acids is 1. The molecule has 0 aliphatic heterocycles. The van der Waals surface area contributed by atoms with E-state index in [2.05, 4.69) is 15.3 Å². The average Bonchev–Trinajstić information content (AvgIpc) is 2.38. The fourth-order valence-electron chi connectivity index (χ4n) is 1.36. The molecular weight excluding hydrogens is 270 g/mol. The second-order valence-corrected chi connectivity index (χ2v) is 4.62. The summed E-state index contributed by atoms with van der Waals surface area (Å²) in [6, 6.07) is 7.21. The van der Waals surface area contributed by atoms with E-state index in [1.807, 2.05) is 18.4 Å². The quantitative estimate of drug-likeness (QED) is 0.528. The molecule has 1 N–H and O–H groups in total. The third kappa shape index (κ3) is 3.00. The highest BCUT2D eigenvalue weighted by Crippen LogP contribution is 2.22. The summed E-state index contributed by atoms with van der Waals surface area (Å²) in [4.78, 5) is 19.2. The van der Waals surface area contributed by atoms with Gasteiger partial charge >= 0.3 is 0 Å². The molecule has 0 aliphatic rings. The largest absolute Gasteiger partial charge is 0.339 e. The first-order valence-corrected chi connectivity index (χ1v) is 6.72. The van der Waals surface area contributed by atoms with Gasteiger partial charge in [-0.3, -0.25) is 4.79 Å². The van der Waals surface area contributed by atoms with E-state index >= 15 is 0 Å². The van der Waals surface area contributed by atoms with Crippen LogP contribution in [0.3, 0.4) is 0 Å². The van der Waals surface area contributed by atoms with Crippen molar-refractivity contribution >= 4 is 41.2 Å². The van der Waals surface area contributed by atoms with Crippen LogP contribution in [0.1, 0.15) is 10.4 Å². The minimum absolute atomic E-state index is 0.410. The van der Waals surface area contributed by atoms with Gasteiger partial charge in [0.1, 0.15) is 5.82 Å². The molecule has 1 aromatic carbocycles. The molecule has 0 saturated heterocycles. The van der Waals surface area contributed by atoms with Gasteiger partial charge in [0.05, 0.1) is 5.56 Å². The highest BCUT2D eigenvalue weighted by Gasteiger charge is 2.06. The summed E-state index contributed by atoms with van der Waals surface area (Å²) in [5.74, 6) is 0.478. The number of hydrogen-bond donors (Lipinski definition) is 1. The Bertz CT molecular complexity index is 577. The van der Waals surface area contributed by atoms with E-state index in [-0.39, 0.29) is 0 Å². The van der Waals surface area contributed by atoms with Gasteiger partial charge in [0.15, 0.2) is 11.4 Å². The fraction of sp³-hybridized carbons (Fsp3) is 0.0833. The maximum atomic E-state index is 10.9. The zero-order valence-electron chi connectivity index (χ0n) is 9.55. The fourth-order valence-corrected chi connectivity index (χ4v) is 1.89. The lowest BCUT2D eigenvalue weighted by atomic mass is 10.3. The topological polar surface area (TPSA) is 54.9 Å².